The van der Waals surface area contributed by atoms with Gasteiger partial charge in [0.25, 0.3) is 0 Å². The van der Waals surface area contributed by atoms with Crippen molar-refractivity contribution in [3.63, 3.8) is 0 Å². The summed E-state index contributed by atoms with van der Waals surface area (Å²) in [7, 11) is 2.10. The number of anilines is 2. The molecule has 0 aromatic carbocycles. The molecule has 1 N–H and O–H groups in total. The molecule has 0 spiro atoms. The smallest absolute Gasteiger partial charge is 0.127 e. The lowest BCUT2D eigenvalue weighted by Crippen LogP contribution is -2.20. The Hall–Kier alpha value is -2.10. The summed E-state index contributed by atoms with van der Waals surface area (Å²) in [5.74, 6) is 0.927. The van der Waals surface area contributed by atoms with E-state index in [1.54, 1.807) is 0 Å². The fourth-order valence-electron chi connectivity index (χ4n) is 1.91. The molecule has 0 fully saturated rings. The largest absolute Gasteiger partial charge is 0.374 e. The molecule has 2 aromatic heterocycles. The minimum atomic E-state index is 0.886. The molecule has 0 aliphatic heterocycles. The molecule has 100 valence electrons. The van der Waals surface area contributed by atoms with Crippen LogP contribution in [0.5, 0.6) is 0 Å². The SMILES string of the molecule is CCNc1cc(N(C)CCc2ccncc2)ccn1. The lowest BCUT2D eigenvalue weighted by molar-refractivity contribution is 0.873. The Kier molecular flexibility index (Phi) is 4.72. The Morgan fingerprint density at radius 2 is 1.95 bits per heavy atom. The van der Waals surface area contributed by atoms with Crippen LogP contribution in [-0.4, -0.2) is 30.1 Å². The van der Waals surface area contributed by atoms with Crippen molar-refractivity contribution >= 4 is 11.5 Å². The van der Waals surface area contributed by atoms with E-state index >= 15 is 0 Å². The van der Waals surface area contributed by atoms with E-state index in [4.69, 9.17) is 0 Å². The molecule has 0 unspecified atom stereocenters. The van der Waals surface area contributed by atoms with Gasteiger partial charge in [0.05, 0.1) is 0 Å². The molecule has 0 bridgehead atoms. The highest BCUT2D eigenvalue weighted by Crippen LogP contribution is 2.16. The third kappa shape index (κ3) is 3.95. The molecule has 4 heteroatoms. The quantitative estimate of drug-likeness (QED) is 0.862. The number of nitrogens with zero attached hydrogens (tertiary/aromatic N) is 3. The van der Waals surface area contributed by atoms with Gasteiger partial charge < -0.3 is 10.2 Å². The average molecular weight is 256 g/mol. The van der Waals surface area contributed by atoms with E-state index < -0.39 is 0 Å². The lowest BCUT2D eigenvalue weighted by atomic mass is 10.2. The van der Waals surface area contributed by atoms with Gasteiger partial charge in [-0.25, -0.2) is 4.98 Å². The van der Waals surface area contributed by atoms with Crippen LogP contribution in [0.15, 0.2) is 42.9 Å². The normalized spacial score (nSPS) is 10.2. The molecule has 0 atom stereocenters. The van der Waals surface area contributed by atoms with Crippen LogP contribution < -0.4 is 10.2 Å². The second kappa shape index (κ2) is 6.73. The van der Waals surface area contributed by atoms with Gasteiger partial charge >= 0.3 is 0 Å². The van der Waals surface area contributed by atoms with Crippen molar-refractivity contribution < 1.29 is 0 Å². The number of hydrogen-bond donors (Lipinski definition) is 1. The summed E-state index contributed by atoms with van der Waals surface area (Å²) in [6, 6.07) is 8.23. The summed E-state index contributed by atoms with van der Waals surface area (Å²) < 4.78 is 0. The minimum absolute atomic E-state index is 0.886. The molecular weight excluding hydrogens is 236 g/mol. The number of aromatic nitrogens is 2. The summed E-state index contributed by atoms with van der Waals surface area (Å²) in [5, 5.41) is 3.23. The van der Waals surface area contributed by atoms with Crippen LogP contribution in [0.3, 0.4) is 0 Å². The van der Waals surface area contributed by atoms with Crippen LogP contribution in [0, 0.1) is 0 Å². The molecule has 4 nitrogen and oxygen atoms in total. The van der Waals surface area contributed by atoms with Gasteiger partial charge in [-0.15, -0.1) is 0 Å². The van der Waals surface area contributed by atoms with E-state index in [0.717, 1.165) is 25.3 Å². The van der Waals surface area contributed by atoms with Crippen LogP contribution in [0.2, 0.25) is 0 Å². The summed E-state index contributed by atoms with van der Waals surface area (Å²) in [6.45, 7) is 3.93. The van der Waals surface area contributed by atoms with Gasteiger partial charge in [-0.05, 0) is 37.1 Å². The van der Waals surface area contributed by atoms with Crippen molar-refractivity contribution in [1.29, 1.82) is 0 Å². The fraction of sp³-hybridized carbons (Fsp3) is 0.333. The van der Waals surface area contributed by atoms with Crippen LogP contribution in [0.25, 0.3) is 0 Å². The molecule has 2 aromatic rings. The molecule has 2 heterocycles. The highest BCUT2D eigenvalue weighted by molar-refractivity contribution is 5.53. The maximum Gasteiger partial charge on any atom is 0.127 e. The van der Waals surface area contributed by atoms with Crippen molar-refractivity contribution in [2.45, 2.75) is 13.3 Å². The lowest BCUT2D eigenvalue weighted by Gasteiger charge is -2.19. The second-order valence-electron chi connectivity index (χ2n) is 4.46. The van der Waals surface area contributed by atoms with Gasteiger partial charge in [0.1, 0.15) is 5.82 Å². The van der Waals surface area contributed by atoms with E-state index in [9.17, 15) is 0 Å². The van der Waals surface area contributed by atoms with Gasteiger partial charge in [0.15, 0.2) is 0 Å². The van der Waals surface area contributed by atoms with Crippen molar-refractivity contribution in [1.82, 2.24) is 9.97 Å². The molecule has 0 aliphatic rings. The predicted octanol–water partition coefficient (Wildman–Crippen LogP) is 2.59. The van der Waals surface area contributed by atoms with Gasteiger partial charge in [0.2, 0.25) is 0 Å². The summed E-state index contributed by atoms with van der Waals surface area (Å²) in [4.78, 5) is 10.6. The van der Waals surface area contributed by atoms with Gasteiger partial charge in [0, 0.05) is 50.5 Å². The third-order valence-electron chi connectivity index (χ3n) is 3.03. The Morgan fingerprint density at radius 3 is 2.68 bits per heavy atom. The number of likely N-dealkylation sites (N-methyl/N-ethyl adjacent to an activating group) is 1. The zero-order valence-electron chi connectivity index (χ0n) is 11.5. The van der Waals surface area contributed by atoms with Crippen molar-refractivity contribution in [2.24, 2.45) is 0 Å². The number of pyridine rings is 2. The van der Waals surface area contributed by atoms with Gasteiger partial charge in [-0.2, -0.15) is 0 Å². The molecule has 0 saturated heterocycles. The van der Waals surface area contributed by atoms with Crippen molar-refractivity contribution in [3.05, 3.63) is 48.4 Å². The highest BCUT2D eigenvalue weighted by Gasteiger charge is 2.03. The monoisotopic (exact) mass is 256 g/mol. The first-order valence-electron chi connectivity index (χ1n) is 6.59. The minimum Gasteiger partial charge on any atom is -0.374 e. The van der Waals surface area contributed by atoms with Crippen LogP contribution in [0.4, 0.5) is 11.5 Å². The number of nitrogens with one attached hydrogen (secondary N) is 1. The maximum atomic E-state index is 4.28. The van der Waals surface area contributed by atoms with E-state index in [2.05, 4.69) is 52.4 Å². The number of rotatable bonds is 6. The molecule has 2 rings (SSSR count). The average Bonchev–Trinajstić information content (AvgIpc) is 2.46. The first-order chi connectivity index (χ1) is 9.29. The molecule has 0 aliphatic carbocycles. The molecule has 0 saturated carbocycles. The van der Waals surface area contributed by atoms with Gasteiger partial charge in [-0.1, -0.05) is 0 Å². The number of hydrogen-bond acceptors (Lipinski definition) is 4. The topological polar surface area (TPSA) is 41.0 Å². The highest BCUT2D eigenvalue weighted by atomic mass is 15.1. The van der Waals surface area contributed by atoms with E-state index in [-0.39, 0.29) is 0 Å². The van der Waals surface area contributed by atoms with E-state index in [1.807, 2.05) is 24.7 Å². The van der Waals surface area contributed by atoms with Crippen molar-refractivity contribution in [2.75, 3.05) is 30.4 Å². The predicted molar refractivity (Wildman–Crippen MR) is 79.6 cm³/mol. The summed E-state index contributed by atoms with van der Waals surface area (Å²) >= 11 is 0. The molecule has 0 amide bonds. The molecule has 19 heavy (non-hydrogen) atoms. The zero-order chi connectivity index (χ0) is 13.5. The molecule has 0 radical (unpaired) electrons. The standard InChI is InChI=1S/C15H20N4/c1-3-17-15-12-14(6-10-18-15)19(2)11-7-13-4-8-16-9-5-13/h4-6,8-10,12H,3,7,11H2,1-2H3,(H,17,18). The zero-order valence-corrected chi connectivity index (χ0v) is 11.5. The maximum absolute atomic E-state index is 4.28. The summed E-state index contributed by atoms with van der Waals surface area (Å²) in [6.07, 6.45) is 6.53. The Bertz CT molecular complexity index is 499. The van der Waals surface area contributed by atoms with Crippen LogP contribution >= 0.6 is 0 Å². The fourth-order valence-corrected chi connectivity index (χ4v) is 1.91. The van der Waals surface area contributed by atoms with Crippen molar-refractivity contribution in [3.8, 4) is 0 Å². The second-order valence-corrected chi connectivity index (χ2v) is 4.46. The molecular formula is C15H20N4. The first-order valence-corrected chi connectivity index (χ1v) is 6.59. The Morgan fingerprint density at radius 1 is 1.16 bits per heavy atom. The van der Waals surface area contributed by atoms with Crippen LogP contribution in [0.1, 0.15) is 12.5 Å². The Balaban J connectivity index is 1.95. The summed E-state index contributed by atoms with van der Waals surface area (Å²) in [5.41, 5.74) is 2.49. The first kappa shape index (κ1) is 13.3. The van der Waals surface area contributed by atoms with Crippen LogP contribution in [-0.2, 0) is 6.42 Å². The third-order valence-corrected chi connectivity index (χ3v) is 3.03. The van der Waals surface area contributed by atoms with Gasteiger partial charge in [-0.3, -0.25) is 4.98 Å². The van der Waals surface area contributed by atoms with E-state index in [0.29, 0.717) is 0 Å². The Labute approximate surface area is 114 Å². The van der Waals surface area contributed by atoms with E-state index in [1.165, 1.54) is 11.3 Å².